The third-order valence-electron chi connectivity index (χ3n) is 3.55. The molecule has 0 bridgehead atoms. The molecule has 2 unspecified atom stereocenters. The number of rotatable bonds is 5. The first-order chi connectivity index (χ1) is 9.56. The van der Waals surface area contributed by atoms with Crippen molar-refractivity contribution >= 4 is 23.2 Å². The molecule has 2 atom stereocenters. The highest BCUT2D eigenvalue weighted by Crippen LogP contribution is 2.24. The van der Waals surface area contributed by atoms with E-state index in [4.69, 9.17) is 0 Å². The number of carbonyl (C=O) groups excluding carboxylic acids is 2. The van der Waals surface area contributed by atoms with Crippen molar-refractivity contribution in [2.75, 3.05) is 13.1 Å². The molecule has 1 saturated carbocycles. The lowest BCUT2D eigenvalue weighted by molar-refractivity contribution is -0.120. The summed E-state index contributed by atoms with van der Waals surface area (Å²) in [6.45, 7) is 2.38. The molecule has 1 aliphatic carbocycles. The lowest BCUT2D eigenvalue weighted by Crippen LogP contribution is -2.39. The summed E-state index contributed by atoms with van der Waals surface area (Å²) in [6.07, 6.45) is 2.46. The minimum Gasteiger partial charge on any atom is -0.393 e. The lowest BCUT2D eigenvalue weighted by atomic mass is 10.1. The Kier molecular flexibility index (Phi) is 5.14. The predicted molar refractivity (Wildman–Crippen MR) is 77.7 cm³/mol. The zero-order valence-electron chi connectivity index (χ0n) is 11.5. The Morgan fingerprint density at radius 3 is 2.75 bits per heavy atom. The molecule has 6 heteroatoms. The van der Waals surface area contributed by atoms with Gasteiger partial charge in [-0.2, -0.15) is 0 Å². The summed E-state index contributed by atoms with van der Waals surface area (Å²) < 4.78 is 0. The van der Waals surface area contributed by atoms with Crippen molar-refractivity contribution in [1.29, 1.82) is 0 Å². The molecule has 0 aliphatic heterocycles. The summed E-state index contributed by atoms with van der Waals surface area (Å²) in [4.78, 5) is 25.1. The van der Waals surface area contributed by atoms with Crippen LogP contribution in [0.4, 0.5) is 0 Å². The first-order valence-electron chi connectivity index (χ1n) is 6.85. The number of aliphatic hydroxyl groups is 1. The second-order valence-corrected chi connectivity index (χ2v) is 6.44. The van der Waals surface area contributed by atoms with E-state index in [2.05, 4.69) is 10.6 Å². The maximum Gasteiger partial charge on any atom is 0.261 e. The molecular weight excluding hydrogens is 276 g/mol. The topological polar surface area (TPSA) is 78.4 Å². The largest absolute Gasteiger partial charge is 0.393 e. The van der Waals surface area contributed by atoms with Crippen molar-refractivity contribution in [3.05, 3.63) is 21.9 Å². The monoisotopic (exact) mass is 296 g/mol. The van der Waals surface area contributed by atoms with E-state index in [1.54, 1.807) is 6.07 Å². The summed E-state index contributed by atoms with van der Waals surface area (Å²) in [5.74, 6) is -0.292. The SMILES string of the molecule is Cc1ccc(C(=O)NCC(=O)NCC2CCCC2O)s1. The van der Waals surface area contributed by atoms with Gasteiger partial charge in [-0.25, -0.2) is 0 Å². The van der Waals surface area contributed by atoms with Gasteiger partial charge in [0.05, 0.1) is 17.5 Å². The molecule has 1 fully saturated rings. The molecule has 0 aromatic carbocycles. The van der Waals surface area contributed by atoms with Crippen LogP contribution < -0.4 is 10.6 Å². The van der Waals surface area contributed by atoms with Crippen LogP contribution in [0.25, 0.3) is 0 Å². The highest BCUT2D eigenvalue weighted by Gasteiger charge is 2.25. The molecule has 0 spiro atoms. The Hall–Kier alpha value is -1.40. The molecule has 2 amide bonds. The van der Waals surface area contributed by atoms with Crippen molar-refractivity contribution in [2.24, 2.45) is 5.92 Å². The van der Waals surface area contributed by atoms with Gasteiger partial charge >= 0.3 is 0 Å². The zero-order chi connectivity index (χ0) is 14.5. The highest BCUT2D eigenvalue weighted by atomic mass is 32.1. The van der Waals surface area contributed by atoms with E-state index < -0.39 is 0 Å². The van der Waals surface area contributed by atoms with Gasteiger partial charge < -0.3 is 15.7 Å². The molecule has 5 nitrogen and oxygen atoms in total. The molecule has 0 radical (unpaired) electrons. The standard InChI is InChI=1S/C14H20N2O3S/c1-9-5-6-12(20-9)14(19)16-8-13(18)15-7-10-3-2-4-11(10)17/h5-6,10-11,17H,2-4,7-8H2,1H3,(H,15,18)(H,16,19). The Labute approximate surface area is 122 Å². The van der Waals surface area contributed by atoms with Crippen LogP contribution in [-0.2, 0) is 4.79 Å². The van der Waals surface area contributed by atoms with Crippen LogP contribution in [0.1, 0.15) is 33.8 Å². The molecule has 20 heavy (non-hydrogen) atoms. The number of hydrogen-bond donors (Lipinski definition) is 3. The van der Waals surface area contributed by atoms with Gasteiger partial charge in [0.1, 0.15) is 0 Å². The summed E-state index contributed by atoms with van der Waals surface area (Å²) in [6, 6.07) is 3.63. The third kappa shape index (κ3) is 4.05. The van der Waals surface area contributed by atoms with Crippen LogP contribution in [0.5, 0.6) is 0 Å². The fourth-order valence-electron chi connectivity index (χ4n) is 2.37. The van der Waals surface area contributed by atoms with Crippen molar-refractivity contribution in [3.63, 3.8) is 0 Å². The van der Waals surface area contributed by atoms with E-state index in [0.717, 1.165) is 24.1 Å². The third-order valence-corrected chi connectivity index (χ3v) is 4.55. The zero-order valence-corrected chi connectivity index (χ0v) is 12.3. The molecule has 0 saturated heterocycles. The van der Waals surface area contributed by atoms with Gasteiger partial charge in [-0.3, -0.25) is 9.59 Å². The van der Waals surface area contributed by atoms with Crippen molar-refractivity contribution < 1.29 is 14.7 Å². The molecule has 1 aliphatic rings. The number of aliphatic hydroxyl groups excluding tert-OH is 1. The summed E-state index contributed by atoms with van der Waals surface area (Å²) in [7, 11) is 0. The van der Waals surface area contributed by atoms with Gasteiger partial charge in [0.25, 0.3) is 5.91 Å². The predicted octanol–water partition coefficient (Wildman–Crippen LogP) is 1.06. The smallest absolute Gasteiger partial charge is 0.261 e. The maximum atomic E-state index is 11.8. The molecule has 2 rings (SSSR count). The molecule has 1 aromatic heterocycles. The van der Waals surface area contributed by atoms with Crippen molar-refractivity contribution in [3.8, 4) is 0 Å². The van der Waals surface area contributed by atoms with Crippen LogP contribution in [0.15, 0.2) is 12.1 Å². The average molecular weight is 296 g/mol. The van der Waals surface area contributed by atoms with E-state index in [1.165, 1.54) is 11.3 Å². The van der Waals surface area contributed by atoms with E-state index >= 15 is 0 Å². The molecular formula is C14H20N2O3S. The van der Waals surface area contributed by atoms with E-state index in [9.17, 15) is 14.7 Å². The Bertz CT molecular complexity index is 487. The van der Waals surface area contributed by atoms with E-state index in [-0.39, 0.29) is 30.4 Å². The lowest BCUT2D eigenvalue weighted by Gasteiger charge is -2.15. The number of nitrogens with one attached hydrogen (secondary N) is 2. The van der Waals surface area contributed by atoms with E-state index in [0.29, 0.717) is 11.4 Å². The summed E-state index contributed by atoms with van der Waals surface area (Å²) in [5.41, 5.74) is 0. The summed E-state index contributed by atoms with van der Waals surface area (Å²) in [5, 5.41) is 15.0. The van der Waals surface area contributed by atoms with Gasteiger partial charge in [-0.15, -0.1) is 11.3 Å². The minimum absolute atomic E-state index is 0.0292. The second-order valence-electron chi connectivity index (χ2n) is 5.16. The Morgan fingerprint density at radius 1 is 1.35 bits per heavy atom. The van der Waals surface area contributed by atoms with E-state index in [1.807, 2.05) is 13.0 Å². The van der Waals surface area contributed by atoms with Gasteiger partial charge in [-0.1, -0.05) is 6.42 Å². The minimum atomic E-state index is -0.306. The van der Waals surface area contributed by atoms with Gasteiger partial charge in [-0.05, 0) is 31.9 Å². The number of thiophene rings is 1. The van der Waals surface area contributed by atoms with Crippen LogP contribution >= 0.6 is 11.3 Å². The van der Waals surface area contributed by atoms with Crippen LogP contribution in [0.2, 0.25) is 0 Å². The number of carbonyl (C=O) groups is 2. The average Bonchev–Trinajstić information content (AvgIpc) is 3.02. The first-order valence-corrected chi connectivity index (χ1v) is 7.67. The number of amides is 2. The number of hydrogen-bond acceptors (Lipinski definition) is 4. The van der Waals surface area contributed by atoms with Crippen LogP contribution in [-0.4, -0.2) is 36.1 Å². The second kappa shape index (κ2) is 6.85. The highest BCUT2D eigenvalue weighted by molar-refractivity contribution is 7.13. The fourth-order valence-corrected chi connectivity index (χ4v) is 3.15. The first kappa shape index (κ1) is 15.0. The van der Waals surface area contributed by atoms with Crippen LogP contribution in [0.3, 0.4) is 0 Å². The van der Waals surface area contributed by atoms with Crippen LogP contribution in [0, 0.1) is 12.8 Å². The molecule has 1 aromatic rings. The quantitative estimate of drug-likeness (QED) is 0.760. The van der Waals surface area contributed by atoms with Crippen molar-refractivity contribution in [1.82, 2.24) is 10.6 Å². The van der Waals surface area contributed by atoms with Gasteiger partial charge in [0.15, 0.2) is 0 Å². The molecule has 110 valence electrons. The molecule has 1 heterocycles. The van der Waals surface area contributed by atoms with Crippen molar-refractivity contribution in [2.45, 2.75) is 32.3 Å². The molecule has 3 N–H and O–H groups in total. The fraction of sp³-hybridized carbons (Fsp3) is 0.571. The summed E-state index contributed by atoms with van der Waals surface area (Å²) >= 11 is 1.40. The maximum absolute atomic E-state index is 11.8. The van der Waals surface area contributed by atoms with Gasteiger partial charge in [0, 0.05) is 17.3 Å². The number of aryl methyl sites for hydroxylation is 1. The normalized spacial score (nSPS) is 21.7. The Morgan fingerprint density at radius 2 is 2.15 bits per heavy atom. The Balaban J connectivity index is 1.68. The van der Waals surface area contributed by atoms with Gasteiger partial charge in [0.2, 0.25) is 5.91 Å².